The van der Waals surface area contributed by atoms with Gasteiger partial charge in [-0.25, -0.2) is 4.98 Å². The Morgan fingerprint density at radius 2 is 1.90 bits per heavy atom. The molecule has 0 radical (unpaired) electrons. The fourth-order valence-corrected chi connectivity index (χ4v) is 2.60. The molecule has 0 N–H and O–H groups in total. The molecule has 0 amide bonds. The first-order chi connectivity index (χ1) is 10.3. The maximum absolute atomic E-state index is 5.80. The third-order valence-electron chi connectivity index (χ3n) is 3.23. The van der Waals surface area contributed by atoms with Crippen molar-refractivity contribution in [2.45, 2.75) is 0 Å². The second-order valence-electron chi connectivity index (χ2n) is 4.65. The van der Waals surface area contributed by atoms with Crippen LogP contribution in [0, 0.1) is 0 Å². The van der Waals surface area contributed by atoms with Crippen molar-refractivity contribution in [3.8, 4) is 17.1 Å². The summed E-state index contributed by atoms with van der Waals surface area (Å²) in [6.07, 6.45) is 7.47. The second kappa shape index (κ2) is 4.86. The highest BCUT2D eigenvalue weighted by Crippen LogP contribution is 2.26. The van der Waals surface area contributed by atoms with Crippen LogP contribution in [-0.2, 0) is 0 Å². The zero-order valence-electron chi connectivity index (χ0n) is 10.9. The van der Waals surface area contributed by atoms with Crippen LogP contribution in [0.1, 0.15) is 0 Å². The Morgan fingerprint density at radius 3 is 2.71 bits per heavy atom. The summed E-state index contributed by atoms with van der Waals surface area (Å²) in [4.78, 5) is 8.69. The Kier molecular flexibility index (Phi) is 2.86. The van der Waals surface area contributed by atoms with E-state index in [-0.39, 0.29) is 0 Å². The van der Waals surface area contributed by atoms with Crippen molar-refractivity contribution in [3.63, 3.8) is 0 Å². The summed E-state index contributed by atoms with van der Waals surface area (Å²) >= 11 is 3.41. The van der Waals surface area contributed by atoms with Crippen LogP contribution in [0.25, 0.3) is 28.2 Å². The first kappa shape index (κ1) is 12.3. The van der Waals surface area contributed by atoms with Crippen LogP contribution in [0.4, 0.5) is 0 Å². The zero-order chi connectivity index (χ0) is 14.2. The maximum atomic E-state index is 5.80. The molecule has 3 aromatic heterocycles. The predicted octanol–water partition coefficient (Wildman–Crippen LogP) is 4.44. The molecular weight excluding hydrogens is 330 g/mol. The summed E-state index contributed by atoms with van der Waals surface area (Å²) in [6, 6.07) is 11.9. The first-order valence-corrected chi connectivity index (χ1v) is 7.24. The van der Waals surface area contributed by atoms with E-state index in [1.54, 1.807) is 12.4 Å². The van der Waals surface area contributed by atoms with Crippen molar-refractivity contribution in [1.82, 2.24) is 14.5 Å². The largest absolute Gasteiger partial charge is 0.436 e. The topological polar surface area (TPSA) is 43.9 Å². The highest BCUT2D eigenvalue weighted by molar-refractivity contribution is 9.10. The van der Waals surface area contributed by atoms with E-state index in [1.807, 2.05) is 53.4 Å². The summed E-state index contributed by atoms with van der Waals surface area (Å²) < 4.78 is 8.73. The monoisotopic (exact) mass is 339 g/mol. The van der Waals surface area contributed by atoms with Crippen molar-refractivity contribution in [1.29, 1.82) is 0 Å². The molecule has 4 rings (SSSR count). The highest BCUT2D eigenvalue weighted by atomic mass is 79.9. The van der Waals surface area contributed by atoms with Crippen molar-refractivity contribution < 1.29 is 4.42 Å². The molecule has 3 heterocycles. The molecular formula is C16H10BrN3O. The lowest BCUT2D eigenvalue weighted by atomic mass is 10.3. The zero-order valence-corrected chi connectivity index (χ0v) is 12.5. The normalized spacial score (nSPS) is 11.1. The number of nitrogens with zero attached hydrogens (tertiary/aromatic N) is 3. The van der Waals surface area contributed by atoms with Gasteiger partial charge in [-0.15, -0.1) is 0 Å². The fraction of sp³-hybridized carbons (Fsp3) is 0. The SMILES string of the molecule is Brc1cncc(-c2nc3cc(-n4cccc4)ccc3o2)c1. The molecule has 0 saturated heterocycles. The molecule has 21 heavy (non-hydrogen) atoms. The highest BCUT2D eigenvalue weighted by Gasteiger charge is 2.10. The Bertz CT molecular complexity index is 912. The molecule has 0 saturated carbocycles. The lowest BCUT2D eigenvalue weighted by molar-refractivity contribution is 0.619. The van der Waals surface area contributed by atoms with Gasteiger partial charge in [0.2, 0.25) is 5.89 Å². The van der Waals surface area contributed by atoms with Gasteiger partial charge in [0.15, 0.2) is 5.58 Å². The van der Waals surface area contributed by atoms with Gasteiger partial charge in [-0.1, -0.05) is 0 Å². The number of aromatic nitrogens is 3. The Labute approximate surface area is 129 Å². The lowest BCUT2D eigenvalue weighted by Crippen LogP contribution is -1.88. The molecule has 102 valence electrons. The maximum Gasteiger partial charge on any atom is 0.228 e. The van der Waals surface area contributed by atoms with Gasteiger partial charge in [0, 0.05) is 34.9 Å². The van der Waals surface area contributed by atoms with Gasteiger partial charge in [-0.2, -0.15) is 0 Å². The van der Waals surface area contributed by atoms with E-state index in [0.29, 0.717) is 5.89 Å². The number of hydrogen-bond acceptors (Lipinski definition) is 3. The van der Waals surface area contributed by atoms with E-state index in [4.69, 9.17) is 4.42 Å². The minimum absolute atomic E-state index is 0.573. The van der Waals surface area contributed by atoms with Gasteiger partial charge >= 0.3 is 0 Å². The molecule has 0 spiro atoms. The van der Waals surface area contributed by atoms with Crippen LogP contribution in [0.2, 0.25) is 0 Å². The molecule has 0 aliphatic heterocycles. The molecule has 0 unspecified atom stereocenters. The minimum Gasteiger partial charge on any atom is -0.436 e. The third kappa shape index (κ3) is 2.25. The summed E-state index contributed by atoms with van der Waals surface area (Å²) in [5.41, 5.74) is 3.50. The summed E-state index contributed by atoms with van der Waals surface area (Å²) in [5, 5.41) is 0. The molecule has 0 atom stereocenters. The van der Waals surface area contributed by atoms with Gasteiger partial charge in [0.1, 0.15) is 5.52 Å². The van der Waals surface area contributed by atoms with E-state index >= 15 is 0 Å². The van der Waals surface area contributed by atoms with Crippen molar-refractivity contribution in [2.75, 3.05) is 0 Å². The van der Waals surface area contributed by atoms with E-state index in [2.05, 4.69) is 25.9 Å². The van der Waals surface area contributed by atoms with Crippen LogP contribution >= 0.6 is 15.9 Å². The lowest BCUT2D eigenvalue weighted by Gasteiger charge is -2.00. The van der Waals surface area contributed by atoms with Gasteiger partial charge in [-0.05, 0) is 52.3 Å². The van der Waals surface area contributed by atoms with Gasteiger partial charge in [0.25, 0.3) is 0 Å². The number of benzene rings is 1. The summed E-state index contributed by atoms with van der Waals surface area (Å²) in [7, 11) is 0. The summed E-state index contributed by atoms with van der Waals surface area (Å²) in [6.45, 7) is 0. The molecule has 0 bridgehead atoms. The van der Waals surface area contributed by atoms with Gasteiger partial charge < -0.3 is 8.98 Å². The molecule has 0 aliphatic rings. The van der Waals surface area contributed by atoms with E-state index < -0.39 is 0 Å². The number of hydrogen-bond donors (Lipinski definition) is 0. The van der Waals surface area contributed by atoms with Crippen molar-refractivity contribution >= 4 is 27.0 Å². The molecule has 0 aliphatic carbocycles. The minimum atomic E-state index is 0.573. The van der Waals surface area contributed by atoms with Crippen LogP contribution < -0.4 is 0 Å². The van der Waals surface area contributed by atoms with E-state index in [1.165, 1.54) is 0 Å². The molecule has 4 nitrogen and oxygen atoms in total. The van der Waals surface area contributed by atoms with Gasteiger partial charge in [-0.3, -0.25) is 4.98 Å². The van der Waals surface area contributed by atoms with Crippen LogP contribution in [0.3, 0.4) is 0 Å². The number of halogens is 1. The number of oxazole rings is 1. The Balaban J connectivity index is 1.83. The molecule has 0 fully saturated rings. The van der Waals surface area contributed by atoms with E-state index in [0.717, 1.165) is 26.8 Å². The number of rotatable bonds is 2. The quantitative estimate of drug-likeness (QED) is 0.542. The number of fused-ring (bicyclic) bond motifs is 1. The molecule has 1 aromatic carbocycles. The van der Waals surface area contributed by atoms with Crippen LogP contribution in [0.5, 0.6) is 0 Å². The Morgan fingerprint density at radius 1 is 1.05 bits per heavy atom. The average molecular weight is 340 g/mol. The fourth-order valence-electron chi connectivity index (χ4n) is 2.24. The Hall–Kier alpha value is -2.40. The first-order valence-electron chi connectivity index (χ1n) is 6.44. The van der Waals surface area contributed by atoms with E-state index in [9.17, 15) is 0 Å². The van der Waals surface area contributed by atoms with Crippen molar-refractivity contribution in [3.05, 3.63) is 65.7 Å². The third-order valence-corrected chi connectivity index (χ3v) is 3.66. The van der Waals surface area contributed by atoms with Crippen molar-refractivity contribution in [2.24, 2.45) is 0 Å². The molecule has 5 heteroatoms. The predicted molar refractivity (Wildman–Crippen MR) is 84.3 cm³/mol. The standard InChI is InChI=1S/C16H10BrN3O/c17-12-7-11(9-18-10-12)16-19-14-8-13(3-4-15(14)21-16)20-5-1-2-6-20/h1-10H. The smallest absolute Gasteiger partial charge is 0.228 e. The van der Waals surface area contributed by atoms with Crippen LogP contribution in [0.15, 0.2) is 70.1 Å². The van der Waals surface area contributed by atoms with Crippen LogP contribution in [-0.4, -0.2) is 14.5 Å². The summed E-state index contributed by atoms with van der Waals surface area (Å²) in [5.74, 6) is 0.573. The number of pyridine rings is 1. The van der Waals surface area contributed by atoms with Gasteiger partial charge in [0.05, 0.1) is 5.56 Å². The average Bonchev–Trinajstić information content (AvgIpc) is 3.16. The second-order valence-corrected chi connectivity index (χ2v) is 5.57. The molecule has 4 aromatic rings.